The van der Waals surface area contributed by atoms with E-state index in [2.05, 4.69) is 6.07 Å². The molecular formula is C13H14NO3. The molecule has 2 amide bonds. The summed E-state index contributed by atoms with van der Waals surface area (Å²) in [6.07, 6.45) is 1.60. The first-order valence-corrected chi connectivity index (χ1v) is 5.69. The van der Waals surface area contributed by atoms with Gasteiger partial charge < -0.3 is 4.74 Å². The van der Waals surface area contributed by atoms with Crippen LogP contribution in [0, 0.1) is 6.07 Å². The SMILES string of the molecule is O=C1CCCC(=O)N1CCOc1cc[c]cc1. The van der Waals surface area contributed by atoms with E-state index in [1.807, 2.05) is 0 Å². The molecule has 0 atom stereocenters. The van der Waals surface area contributed by atoms with Gasteiger partial charge in [-0.25, -0.2) is 0 Å². The second kappa shape index (κ2) is 5.48. The maximum absolute atomic E-state index is 11.5. The minimum Gasteiger partial charge on any atom is -0.492 e. The Morgan fingerprint density at radius 2 is 1.82 bits per heavy atom. The number of carbonyl (C=O) groups is 2. The molecule has 0 unspecified atom stereocenters. The van der Waals surface area contributed by atoms with Gasteiger partial charge in [0, 0.05) is 12.8 Å². The van der Waals surface area contributed by atoms with Crippen molar-refractivity contribution in [2.45, 2.75) is 19.3 Å². The molecular weight excluding hydrogens is 218 g/mol. The van der Waals surface area contributed by atoms with Gasteiger partial charge in [0.2, 0.25) is 11.8 Å². The van der Waals surface area contributed by atoms with Crippen molar-refractivity contribution in [1.82, 2.24) is 4.90 Å². The second-order valence-electron chi connectivity index (χ2n) is 3.88. The number of piperidine rings is 1. The Kier molecular flexibility index (Phi) is 3.75. The minimum absolute atomic E-state index is 0.0914. The fourth-order valence-corrected chi connectivity index (χ4v) is 1.77. The van der Waals surface area contributed by atoms with Gasteiger partial charge in [-0.05, 0) is 24.6 Å². The number of hydrogen-bond acceptors (Lipinski definition) is 3. The average molecular weight is 232 g/mol. The van der Waals surface area contributed by atoms with Crippen molar-refractivity contribution >= 4 is 11.8 Å². The van der Waals surface area contributed by atoms with Crippen LogP contribution in [0.25, 0.3) is 0 Å². The van der Waals surface area contributed by atoms with E-state index in [4.69, 9.17) is 4.74 Å². The van der Waals surface area contributed by atoms with Crippen LogP contribution < -0.4 is 4.74 Å². The lowest BCUT2D eigenvalue weighted by Crippen LogP contribution is -2.42. The lowest BCUT2D eigenvalue weighted by atomic mass is 10.1. The lowest BCUT2D eigenvalue weighted by molar-refractivity contribution is -0.148. The summed E-state index contributed by atoms with van der Waals surface area (Å²) >= 11 is 0. The van der Waals surface area contributed by atoms with Crippen LogP contribution >= 0.6 is 0 Å². The van der Waals surface area contributed by atoms with E-state index in [1.165, 1.54) is 4.90 Å². The van der Waals surface area contributed by atoms with Gasteiger partial charge in [0.15, 0.2) is 0 Å². The zero-order valence-corrected chi connectivity index (χ0v) is 9.52. The summed E-state index contributed by atoms with van der Waals surface area (Å²) in [5, 5.41) is 0. The predicted molar refractivity (Wildman–Crippen MR) is 61.3 cm³/mol. The van der Waals surface area contributed by atoms with E-state index < -0.39 is 0 Å². The monoisotopic (exact) mass is 232 g/mol. The van der Waals surface area contributed by atoms with E-state index >= 15 is 0 Å². The molecule has 1 aromatic carbocycles. The first-order chi connectivity index (χ1) is 8.27. The van der Waals surface area contributed by atoms with Gasteiger partial charge in [0.05, 0.1) is 6.54 Å². The predicted octanol–water partition coefficient (Wildman–Crippen LogP) is 1.40. The third-order valence-corrected chi connectivity index (χ3v) is 2.65. The highest BCUT2D eigenvalue weighted by Gasteiger charge is 2.25. The van der Waals surface area contributed by atoms with Crippen LogP contribution in [0.3, 0.4) is 0 Å². The Labute approximate surface area is 100 Å². The molecule has 1 aromatic rings. The summed E-state index contributed by atoms with van der Waals surface area (Å²) in [5.41, 5.74) is 0. The van der Waals surface area contributed by atoms with Crippen LogP contribution in [-0.4, -0.2) is 29.9 Å². The molecule has 1 saturated heterocycles. The molecule has 0 aliphatic carbocycles. The van der Waals surface area contributed by atoms with E-state index in [1.54, 1.807) is 24.3 Å². The van der Waals surface area contributed by atoms with Crippen LogP contribution in [0.1, 0.15) is 19.3 Å². The summed E-state index contributed by atoms with van der Waals surface area (Å²) in [5.74, 6) is 0.540. The number of hydrogen-bond donors (Lipinski definition) is 0. The fraction of sp³-hybridized carbons (Fsp3) is 0.385. The molecule has 0 aromatic heterocycles. The third kappa shape index (κ3) is 3.06. The van der Waals surface area contributed by atoms with Crippen molar-refractivity contribution in [3.05, 3.63) is 30.3 Å². The van der Waals surface area contributed by atoms with Gasteiger partial charge >= 0.3 is 0 Å². The lowest BCUT2D eigenvalue weighted by Gasteiger charge is -2.24. The number of ether oxygens (including phenoxy) is 1. The van der Waals surface area contributed by atoms with Gasteiger partial charge in [0.25, 0.3) is 0 Å². The van der Waals surface area contributed by atoms with Gasteiger partial charge in [-0.3, -0.25) is 14.5 Å². The van der Waals surface area contributed by atoms with Crippen LogP contribution in [0.4, 0.5) is 0 Å². The van der Waals surface area contributed by atoms with Crippen LogP contribution in [-0.2, 0) is 9.59 Å². The first-order valence-electron chi connectivity index (χ1n) is 5.69. The highest BCUT2D eigenvalue weighted by atomic mass is 16.5. The molecule has 0 bridgehead atoms. The van der Waals surface area contributed by atoms with Crippen molar-refractivity contribution in [3.8, 4) is 5.75 Å². The molecule has 1 radical (unpaired) electrons. The number of nitrogens with zero attached hydrogens (tertiary/aromatic N) is 1. The van der Waals surface area contributed by atoms with E-state index in [0.717, 1.165) is 5.75 Å². The Morgan fingerprint density at radius 3 is 2.47 bits per heavy atom. The summed E-state index contributed by atoms with van der Waals surface area (Å²) < 4.78 is 5.44. The van der Waals surface area contributed by atoms with E-state index in [0.29, 0.717) is 32.4 Å². The number of amides is 2. The molecule has 1 aliphatic rings. The summed E-state index contributed by atoms with van der Waals surface area (Å²) in [4.78, 5) is 24.3. The smallest absolute Gasteiger partial charge is 0.229 e. The van der Waals surface area contributed by atoms with Crippen molar-refractivity contribution in [3.63, 3.8) is 0 Å². The number of rotatable bonds is 4. The summed E-state index contributed by atoms with van der Waals surface area (Å²) in [7, 11) is 0. The Morgan fingerprint density at radius 1 is 1.18 bits per heavy atom. The third-order valence-electron chi connectivity index (χ3n) is 2.65. The summed E-state index contributed by atoms with van der Waals surface area (Å²) in [6, 6.07) is 9.98. The van der Waals surface area contributed by atoms with Crippen molar-refractivity contribution in [2.75, 3.05) is 13.2 Å². The molecule has 89 valence electrons. The average Bonchev–Trinajstić information content (AvgIpc) is 2.34. The van der Waals surface area contributed by atoms with Crippen LogP contribution in [0.15, 0.2) is 24.3 Å². The zero-order valence-electron chi connectivity index (χ0n) is 9.52. The largest absolute Gasteiger partial charge is 0.492 e. The fourth-order valence-electron chi connectivity index (χ4n) is 1.77. The Bertz CT molecular complexity index is 386. The maximum atomic E-state index is 11.5. The molecule has 1 aliphatic heterocycles. The molecule has 4 nitrogen and oxygen atoms in total. The Hall–Kier alpha value is -1.84. The molecule has 17 heavy (non-hydrogen) atoms. The molecule has 2 rings (SSSR count). The quantitative estimate of drug-likeness (QED) is 0.737. The number of likely N-dealkylation sites (tertiary alicyclic amines) is 1. The van der Waals surface area contributed by atoms with Gasteiger partial charge in [-0.2, -0.15) is 0 Å². The highest BCUT2D eigenvalue weighted by Crippen LogP contribution is 2.12. The molecule has 0 spiro atoms. The number of imide groups is 1. The highest BCUT2D eigenvalue weighted by molar-refractivity contribution is 5.97. The number of benzene rings is 1. The normalized spacial score (nSPS) is 16.1. The van der Waals surface area contributed by atoms with Gasteiger partial charge in [-0.1, -0.05) is 12.1 Å². The second-order valence-corrected chi connectivity index (χ2v) is 3.88. The Balaban J connectivity index is 1.81. The van der Waals surface area contributed by atoms with Gasteiger partial charge in [-0.15, -0.1) is 0 Å². The van der Waals surface area contributed by atoms with Crippen LogP contribution in [0.5, 0.6) is 5.75 Å². The standard InChI is InChI=1S/C13H14NO3/c15-12-7-4-8-13(16)14(12)9-10-17-11-5-2-1-3-6-11/h2-3,5-6H,4,7-10H2. The van der Waals surface area contributed by atoms with E-state index in [9.17, 15) is 9.59 Å². The molecule has 0 N–H and O–H groups in total. The number of carbonyl (C=O) groups excluding carboxylic acids is 2. The molecule has 1 heterocycles. The van der Waals surface area contributed by atoms with Crippen molar-refractivity contribution in [2.24, 2.45) is 0 Å². The zero-order chi connectivity index (χ0) is 12.1. The topological polar surface area (TPSA) is 46.6 Å². The molecule has 0 saturated carbocycles. The van der Waals surface area contributed by atoms with Gasteiger partial charge in [0.1, 0.15) is 12.4 Å². The van der Waals surface area contributed by atoms with Crippen molar-refractivity contribution in [1.29, 1.82) is 0 Å². The molecule has 4 heteroatoms. The van der Waals surface area contributed by atoms with Crippen LogP contribution in [0.2, 0.25) is 0 Å². The van der Waals surface area contributed by atoms with Crippen molar-refractivity contribution < 1.29 is 14.3 Å². The maximum Gasteiger partial charge on any atom is 0.229 e. The minimum atomic E-state index is -0.0914. The summed E-state index contributed by atoms with van der Waals surface area (Å²) in [6.45, 7) is 0.664. The molecule has 1 fully saturated rings. The first kappa shape index (κ1) is 11.6. The van der Waals surface area contributed by atoms with E-state index in [-0.39, 0.29) is 11.8 Å².